The average Bonchev–Trinajstić information content (AvgIpc) is 1.78. The predicted octanol–water partition coefficient (Wildman–Crippen LogP) is 3.06. The van der Waals surface area contributed by atoms with Crippen molar-refractivity contribution in [3.63, 3.8) is 0 Å². The molecule has 14 heavy (non-hydrogen) atoms. The van der Waals surface area contributed by atoms with Crippen molar-refractivity contribution in [1.29, 1.82) is 0 Å². The van der Waals surface area contributed by atoms with Crippen molar-refractivity contribution in [3.8, 4) is 0 Å². The van der Waals surface area contributed by atoms with Crippen molar-refractivity contribution in [2.75, 3.05) is 0 Å². The molecule has 0 aliphatic heterocycles. The van der Waals surface area contributed by atoms with Crippen molar-refractivity contribution < 1.29 is 14.2 Å². The molecule has 0 fully saturated rings. The van der Waals surface area contributed by atoms with E-state index in [2.05, 4.69) is 6.58 Å². The SMILES string of the molecule is C=COC(C)(C)OC(C)(C)OC(C)C. The maximum Gasteiger partial charge on any atom is 0.206 e. The molecule has 0 atom stereocenters. The number of hydrogen-bond acceptors (Lipinski definition) is 3. The van der Waals surface area contributed by atoms with E-state index < -0.39 is 11.6 Å². The minimum absolute atomic E-state index is 0.115. The van der Waals surface area contributed by atoms with Crippen molar-refractivity contribution in [1.82, 2.24) is 0 Å². The summed E-state index contributed by atoms with van der Waals surface area (Å²) in [6.07, 6.45) is 1.48. The molecule has 0 aromatic rings. The summed E-state index contributed by atoms with van der Waals surface area (Å²) in [7, 11) is 0. The van der Waals surface area contributed by atoms with E-state index in [0.29, 0.717) is 0 Å². The summed E-state index contributed by atoms with van der Waals surface area (Å²) < 4.78 is 16.5. The van der Waals surface area contributed by atoms with Crippen LogP contribution in [0, 0.1) is 0 Å². The molecule has 84 valence electrons. The largest absolute Gasteiger partial charge is 0.471 e. The molecule has 0 amide bonds. The molecule has 0 heterocycles. The Kier molecular flexibility index (Phi) is 4.62. The third kappa shape index (κ3) is 6.00. The highest BCUT2D eigenvalue weighted by atomic mass is 16.8. The fourth-order valence-electron chi connectivity index (χ4n) is 1.41. The third-order valence-corrected chi connectivity index (χ3v) is 1.38. The van der Waals surface area contributed by atoms with Gasteiger partial charge in [-0.05, 0) is 27.7 Å². The van der Waals surface area contributed by atoms with E-state index in [-0.39, 0.29) is 6.10 Å². The molecule has 0 bridgehead atoms. The van der Waals surface area contributed by atoms with E-state index in [4.69, 9.17) is 14.2 Å². The Hall–Kier alpha value is -0.540. The van der Waals surface area contributed by atoms with E-state index in [1.54, 1.807) is 0 Å². The van der Waals surface area contributed by atoms with Crippen LogP contribution in [-0.4, -0.2) is 17.7 Å². The van der Waals surface area contributed by atoms with Gasteiger partial charge >= 0.3 is 0 Å². The summed E-state index contributed by atoms with van der Waals surface area (Å²) in [4.78, 5) is 0. The van der Waals surface area contributed by atoms with Crippen LogP contribution in [0.4, 0.5) is 0 Å². The lowest BCUT2D eigenvalue weighted by Crippen LogP contribution is -2.41. The van der Waals surface area contributed by atoms with E-state index in [1.807, 2.05) is 41.5 Å². The summed E-state index contributed by atoms with van der Waals surface area (Å²) in [6.45, 7) is 14.8. The van der Waals surface area contributed by atoms with Gasteiger partial charge in [0.05, 0.1) is 12.4 Å². The van der Waals surface area contributed by atoms with Gasteiger partial charge in [0.25, 0.3) is 0 Å². The van der Waals surface area contributed by atoms with Crippen LogP contribution in [0.1, 0.15) is 41.5 Å². The lowest BCUT2D eigenvalue weighted by Gasteiger charge is -2.35. The standard InChI is InChI=1S/C11H22O3/c1-8-12-10(4,5)14-11(6,7)13-9(2)3/h8-9H,1H2,2-7H3. The normalized spacial score (nSPS) is 13.1. The number of rotatable bonds is 6. The Morgan fingerprint density at radius 3 is 1.93 bits per heavy atom. The van der Waals surface area contributed by atoms with Crippen LogP contribution >= 0.6 is 0 Å². The van der Waals surface area contributed by atoms with Gasteiger partial charge in [0.2, 0.25) is 5.79 Å². The zero-order valence-electron chi connectivity index (χ0n) is 10.1. The number of ether oxygens (including phenoxy) is 3. The fraction of sp³-hybridized carbons (Fsp3) is 0.818. The molecule has 0 aliphatic carbocycles. The first-order valence-corrected chi connectivity index (χ1v) is 4.85. The van der Waals surface area contributed by atoms with Crippen molar-refractivity contribution in [3.05, 3.63) is 12.8 Å². The molecule has 0 rings (SSSR count). The van der Waals surface area contributed by atoms with Crippen LogP contribution in [-0.2, 0) is 14.2 Å². The second-order valence-corrected chi connectivity index (χ2v) is 4.35. The molecule has 0 aromatic heterocycles. The zero-order chi connectivity index (χ0) is 11.4. The van der Waals surface area contributed by atoms with Crippen molar-refractivity contribution in [2.45, 2.75) is 59.2 Å². The lowest BCUT2D eigenvalue weighted by molar-refractivity contribution is -0.329. The molecule has 0 saturated carbocycles. The number of hydrogen-bond donors (Lipinski definition) is 0. The Bertz CT molecular complexity index is 183. The molecular formula is C11H22O3. The average molecular weight is 202 g/mol. The highest BCUT2D eigenvalue weighted by Gasteiger charge is 2.31. The fourth-order valence-corrected chi connectivity index (χ4v) is 1.41. The van der Waals surface area contributed by atoms with E-state index in [9.17, 15) is 0 Å². The summed E-state index contributed by atoms with van der Waals surface area (Å²) >= 11 is 0. The first-order chi connectivity index (χ1) is 6.18. The maximum atomic E-state index is 5.66. The van der Waals surface area contributed by atoms with Gasteiger partial charge in [0.1, 0.15) is 0 Å². The summed E-state index contributed by atoms with van der Waals surface area (Å²) in [5.41, 5.74) is 0. The van der Waals surface area contributed by atoms with E-state index in [0.717, 1.165) is 0 Å². The smallest absolute Gasteiger partial charge is 0.206 e. The quantitative estimate of drug-likeness (QED) is 0.489. The molecule has 3 heteroatoms. The van der Waals surface area contributed by atoms with Crippen LogP contribution in [0.25, 0.3) is 0 Å². The Morgan fingerprint density at radius 1 is 1.07 bits per heavy atom. The highest BCUT2D eigenvalue weighted by molar-refractivity contribution is 4.66. The minimum atomic E-state index is -0.722. The molecule has 0 aliphatic rings. The van der Waals surface area contributed by atoms with E-state index >= 15 is 0 Å². The van der Waals surface area contributed by atoms with Gasteiger partial charge in [-0.15, -0.1) is 0 Å². The molecule has 0 saturated heterocycles. The molecule has 0 unspecified atom stereocenters. The highest BCUT2D eigenvalue weighted by Crippen LogP contribution is 2.23. The second kappa shape index (κ2) is 4.80. The summed E-state index contributed by atoms with van der Waals surface area (Å²) in [6, 6.07) is 0. The lowest BCUT2D eigenvalue weighted by atomic mass is 10.3. The van der Waals surface area contributed by atoms with Gasteiger partial charge in [0.15, 0.2) is 5.79 Å². The second-order valence-electron chi connectivity index (χ2n) is 4.35. The van der Waals surface area contributed by atoms with Gasteiger partial charge in [0, 0.05) is 13.8 Å². The van der Waals surface area contributed by atoms with Gasteiger partial charge in [-0.25, -0.2) is 0 Å². The van der Waals surface area contributed by atoms with Gasteiger partial charge in [-0.1, -0.05) is 6.58 Å². The molecule has 3 nitrogen and oxygen atoms in total. The summed E-state index contributed by atoms with van der Waals surface area (Å²) in [5.74, 6) is -1.39. The zero-order valence-corrected chi connectivity index (χ0v) is 10.1. The third-order valence-electron chi connectivity index (χ3n) is 1.38. The van der Waals surface area contributed by atoms with Crippen LogP contribution in [0.15, 0.2) is 12.8 Å². The minimum Gasteiger partial charge on any atom is -0.471 e. The monoisotopic (exact) mass is 202 g/mol. The van der Waals surface area contributed by atoms with Gasteiger partial charge in [-0.2, -0.15) is 0 Å². The molecule has 0 N–H and O–H groups in total. The topological polar surface area (TPSA) is 27.7 Å². The van der Waals surface area contributed by atoms with Gasteiger partial charge < -0.3 is 14.2 Å². The van der Waals surface area contributed by atoms with Gasteiger partial charge in [-0.3, -0.25) is 0 Å². The van der Waals surface area contributed by atoms with E-state index in [1.165, 1.54) is 6.26 Å². The molecule has 0 spiro atoms. The Morgan fingerprint density at radius 2 is 1.57 bits per heavy atom. The maximum absolute atomic E-state index is 5.66. The van der Waals surface area contributed by atoms with Crippen LogP contribution in [0.5, 0.6) is 0 Å². The van der Waals surface area contributed by atoms with Crippen LogP contribution < -0.4 is 0 Å². The van der Waals surface area contributed by atoms with Crippen molar-refractivity contribution in [2.24, 2.45) is 0 Å². The Balaban J connectivity index is 4.25. The van der Waals surface area contributed by atoms with Crippen LogP contribution in [0.3, 0.4) is 0 Å². The predicted molar refractivity (Wildman–Crippen MR) is 56.7 cm³/mol. The molecule has 0 aromatic carbocycles. The first-order valence-electron chi connectivity index (χ1n) is 4.85. The summed E-state index contributed by atoms with van der Waals surface area (Å²) in [5, 5.41) is 0. The molecule has 0 radical (unpaired) electrons. The van der Waals surface area contributed by atoms with Crippen molar-refractivity contribution >= 4 is 0 Å². The first kappa shape index (κ1) is 13.5. The Labute approximate surface area is 87.0 Å². The molecular weight excluding hydrogens is 180 g/mol. The van der Waals surface area contributed by atoms with Crippen LogP contribution in [0.2, 0.25) is 0 Å².